The van der Waals surface area contributed by atoms with E-state index in [1.165, 1.54) is 0 Å². The van der Waals surface area contributed by atoms with Gasteiger partial charge in [0.1, 0.15) is 11.8 Å². The van der Waals surface area contributed by atoms with E-state index in [-0.39, 0.29) is 0 Å². The second kappa shape index (κ2) is 5.52. The van der Waals surface area contributed by atoms with Crippen LogP contribution in [0.4, 0.5) is 5.69 Å². The van der Waals surface area contributed by atoms with Crippen molar-refractivity contribution in [1.82, 2.24) is 4.98 Å². The number of aromatic nitrogens is 1. The second-order valence-corrected chi connectivity index (χ2v) is 4.40. The molecule has 2 rings (SSSR count). The molecule has 0 radical (unpaired) electrons. The molecule has 0 unspecified atom stereocenters. The Balaban J connectivity index is 2.22. The van der Waals surface area contributed by atoms with Crippen LogP contribution in [0.2, 0.25) is 5.02 Å². The fourth-order valence-electron chi connectivity index (χ4n) is 1.73. The Labute approximate surface area is 111 Å². The molecule has 0 saturated carbocycles. The Kier molecular flexibility index (Phi) is 3.81. The third-order valence-corrected chi connectivity index (χ3v) is 2.89. The van der Waals surface area contributed by atoms with Crippen molar-refractivity contribution in [1.29, 1.82) is 5.26 Å². The van der Waals surface area contributed by atoms with Crippen LogP contribution >= 0.6 is 11.6 Å². The summed E-state index contributed by atoms with van der Waals surface area (Å²) in [5.41, 5.74) is 2.38. The predicted molar refractivity (Wildman–Crippen MR) is 72.5 cm³/mol. The summed E-state index contributed by atoms with van der Waals surface area (Å²) in [7, 11) is 1.96. The summed E-state index contributed by atoms with van der Waals surface area (Å²) in [5, 5.41) is 9.69. The van der Waals surface area contributed by atoms with Crippen LogP contribution in [0.15, 0.2) is 42.6 Å². The lowest BCUT2D eigenvalue weighted by molar-refractivity contribution is 0.909. The predicted octanol–water partition coefficient (Wildman–Crippen LogP) is 3.24. The molecule has 2 aromatic rings. The van der Waals surface area contributed by atoms with Crippen molar-refractivity contribution >= 4 is 17.3 Å². The summed E-state index contributed by atoms with van der Waals surface area (Å²) in [6.07, 6.45) is 1.63. The largest absolute Gasteiger partial charge is 0.370 e. The van der Waals surface area contributed by atoms with E-state index in [4.69, 9.17) is 16.9 Å². The number of hydrogen-bond donors (Lipinski definition) is 0. The van der Waals surface area contributed by atoms with Crippen molar-refractivity contribution < 1.29 is 0 Å². The van der Waals surface area contributed by atoms with Crippen LogP contribution in [0.3, 0.4) is 0 Å². The summed E-state index contributed by atoms with van der Waals surface area (Å²) in [6, 6.07) is 13.5. The van der Waals surface area contributed by atoms with Crippen molar-refractivity contribution in [3.8, 4) is 6.07 Å². The second-order valence-electron chi connectivity index (χ2n) is 3.96. The molecule has 0 N–H and O–H groups in total. The van der Waals surface area contributed by atoms with E-state index in [2.05, 4.69) is 11.1 Å². The molecule has 0 aliphatic rings. The van der Waals surface area contributed by atoms with Gasteiger partial charge in [0.05, 0.1) is 0 Å². The summed E-state index contributed by atoms with van der Waals surface area (Å²) in [5.74, 6) is 0. The molecule has 4 heteroatoms. The summed E-state index contributed by atoms with van der Waals surface area (Å²) in [6.45, 7) is 0.622. The van der Waals surface area contributed by atoms with Gasteiger partial charge >= 0.3 is 0 Å². The fraction of sp³-hybridized carbons (Fsp3) is 0.143. The number of anilines is 1. The van der Waals surface area contributed by atoms with Crippen molar-refractivity contribution in [3.05, 3.63) is 58.9 Å². The van der Waals surface area contributed by atoms with Crippen LogP contribution in [0, 0.1) is 11.3 Å². The Bertz CT molecular complexity index is 590. The lowest BCUT2D eigenvalue weighted by atomic mass is 10.2. The molecule has 0 bridgehead atoms. The molecule has 0 atom stereocenters. The van der Waals surface area contributed by atoms with Gasteiger partial charge < -0.3 is 4.90 Å². The first-order valence-electron chi connectivity index (χ1n) is 5.51. The average molecular weight is 258 g/mol. The molecule has 3 nitrogen and oxygen atoms in total. The van der Waals surface area contributed by atoms with Gasteiger partial charge in [0.25, 0.3) is 0 Å². The molecule has 1 heterocycles. The van der Waals surface area contributed by atoms with Crippen LogP contribution in [0.5, 0.6) is 0 Å². The molecule has 1 aromatic carbocycles. The third kappa shape index (κ3) is 2.79. The minimum absolute atomic E-state index is 0.464. The molecule has 0 fully saturated rings. The van der Waals surface area contributed by atoms with Crippen molar-refractivity contribution in [3.63, 3.8) is 0 Å². The van der Waals surface area contributed by atoms with Crippen LogP contribution < -0.4 is 4.90 Å². The normalized spacial score (nSPS) is 9.83. The average Bonchev–Trinajstić information content (AvgIpc) is 2.39. The van der Waals surface area contributed by atoms with Crippen molar-refractivity contribution in [2.24, 2.45) is 0 Å². The minimum Gasteiger partial charge on any atom is -0.370 e. The Morgan fingerprint density at radius 2 is 2.17 bits per heavy atom. The quantitative estimate of drug-likeness (QED) is 0.847. The lowest BCUT2D eigenvalue weighted by Crippen LogP contribution is -2.17. The van der Waals surface area contributed by atoms with E-state index in [9.17, 15) is 0 Å². The van der Waals surface area contributed by atoms with Gasteiger partial charge in [-0.1, -0.05) is 23.7 Å². The van der Waals surface area contributed by atoms with E-state index in [0.29, 0.717) is 17.3 Å². The maximum atomic E-state index is 8.99. The first-order valence-corrected chi connectivity index (χ1v) is 5.89. The number of benzene rings is 1. The van der Waals surface area contributed by atoms with Crippen molar-refractivity contribution in [2.75, 3.05) is 11.9 Å². The SMILES string of the molecule is CN(Cc1cccnc1C#N)c1cccc(Cl)c1. The van der Waals surface area contributed by atoms with E-state index < -0.39 is 0 Å². The van der Waals surface area contributed by atoms with Gasteiger partial charge in [-0.2, -0.15) is 5.26 Å². The van der Waals surface area contributed by atoms with Crippen LogP contribution in [0.25, 0.3) is 0 Å². The Morgan fingerprint density at radius 1 is 1.33 bits per heavy atom. The molecule has 0 amide bonds. The van der Waals surface area contributed by atoms with E-state index in [1.807, 2.05) is 48.3 Å². The van der Waals surface area contributed by atoms with Gasteiger partial charge in [-0.3, -0.25) is 0 Å². The number of rotatable bonds is 3. The van der Waals surface area contributed by atoms with Gasteiger partial charge in [0.2, 0.25) is 0 Å². The minimum atomic E-state index is 0.464. The highest BCUT2D eigenvalue weighted by Crippen LogP contribution is 2.20. The van der Waals surface area contributed by atoms with Crippen LogP contribution in [-0.4, -0.2) is 12.0 Å². The number of nitrogens with zero attached hydrogens (tertiary/aromatic N) is 3. The zero-order valence-corrected chi connectivity index (χ0v) is 10.7. The smallest absolute Gasteiger partial charge is 0.145 e. The Morgan fingerprint density at radius 3 is 2.89 bits per heavy atom. The topological polar surface area (TPSA) is 39.9 Å². The van der Waals surface area contributed by atoms with E-state index in [0.717, 1.165) is 11.3 Å². The maximum absolute atomic E-state index is 8.99. The first kappa shape index (κ1) is 12.4. The Hall–Kier alpha value is -2.05. The monoisotopic (exact) mass is 257 g/mol. The van der Waals surface area contributed by atoms with Crippen LogP contribution in [-0.2, 0) is 6.54 Å². The molecule has 18 heavy (non-hydrogen) atoms. The molecule has 0 spiro atoms. The zero-order chi connectivity index (χ0) is 13.0. The molecule has 0 saturated heterocycles. The molecule has 1 aromatic heterocycles. The number of halogens is 1. The summed E-state index contributed by atoms with van der Waals surface area (Å²) < 4.78 is 0. The maximum Gasteiger partial charge on any atom is 0.145 e. The summed E-state index contributed by atoms with van der Waals surface area (Å²) >= 11 is 5.96. The van der Waals surface area contributed by atoms with Gasteiger partial charge in [-0.05, 0) is 24.3 Å². The van der Waals surface area contributed by atoms with Crippen LogP contribution in [0.1, 0.15) is 11.3 Å². The highest BCUT2D eigenvalue weighted by atomic mass is 35.5. The van der Waals surface area contributed by atoms with Gasteiger partial charge in [0.15, 0.2) is 0 Å². The highest BCUT2D eigenvalue weighted by molar-refractivity contribution is 6.30. The van der Waals surface area contributed by atoms with Gasteiger partial charge in [-0.15, -0.1) is 0 Å². The molecule has 90 valence electrons. The molecule has 0 aliphatic carbocycles. The van der Waals surface area contributed by atoms with E-state index in [1.54, 1.807) is 6.20 Å². The number of nitriles is 1. The standard InChI is InChI=1S/C14H12ClN3/c1-18(13-6-2-5-12(15)8-13)10-11-4-3-7-17-14(11)9-16/h2-8H,10H2,1H3. The number of pyridine rings is 1. The van der Waals surface area contributed by atoms with Gasteiger partial charge in [0, 0.05) is 36.1 Å². The highest BCUT2D eigenvalue weighted by Gasteiger charge is 2.07. The number of hydrogen-bond acceptors (Lipinski definition) is 3. The molecular weight excluding hydrogens is 246 g/mol. The first-order chi connectivity index (χ1) is 8.70. The van der Waals surface area contributed by atoms with E-state index >= 15 is 0 Å². The molecular formula is C14H12ClN3. The summed E-state index contributed by atoms with van der Waals surface area (Å²) in [4.78, 5) is 6.08. The fourth-order valence-corrected chi connectivity index (χ4v) is 1.91. The zero-order valence-electron chi connectivity index (χ0n) is 9.97. The van der Waals surface area contributed by atoms with Crippen molar-refractivity contribution in [2.45, 2.75) is 6.54 Å². The third-order valence-electron chi connectivity index (χ3n) is 2.65. The molecule has 0 aliphatic heterocycles. The lowest BCUT2D eigenvalue weighted by Gasteiger charge is -2.19. The van der Waals surface area contributed by atoms with Gasteiger partial charge in [-0.25, -0.2) is 4.98 Å².